The minimum Gasteiger partial charge on any atom is -0.381 e. The molecule has 102 valence electrons. The number of rotatable bonds is 1. The van der Waals surface area contributed by atoms with Gasteiger partial charge in [-0.1, -0.05) is 17.8 Å². The molecule has 1 aromatic rings. The first-order valence-corrected chi connectivity index (χ1v) is 7.49. The average molecular weight is 280 g/mol. The van der Waals surface area contributed by atoms with Gasteiger partial charge in [-0.05, 0) is 37.5 Å². The van der Waals surface area contributed by atoms with E-state index in [-0.39, 0.29) is 11.4 Å². The normalized spacial score (nSPS) is 21.5. The highest BCUT2D eigenvalue weighted by molar-refractivity contribution is 8.14. The maximum Gasteiger partial charge on any atom is 0.161 e. The number of anilines is 1. The highest BCUT2D eigenvalue weighted by Gasteiger charge is 2.37. The molecule has 0 atom stereocenters. The van der Waals surface area contributed by atoms with Crippen LogP contribution in [0.3, 0.4) is 0 Å². The first-order valence-electron chi connectivity index (χ1n) is 6.51. The molecule has 0 amide bonds. The number of ether oxygens (including phenoxy) is 1. The summed E-state index contributed by atoms with van der Waals surface area (Å²) < 4.78 is 18.7. The smallest absolute Gasteiger partial charge is 0.161 e. The molecule has 0 radical (unpaired) electrons. The standard InChI is InChI=1S/C14H17FN2OS/c1-10-2-3-11(15)8-12(10)16-13-17-14(9-19-13)4-6-18-7-5-14/h2-3,8H,4-7,9H2,1H3,(H,16,17). The van der Waals surface area contributed by atoms with Gasteiger partial charge in [0.1, 0.15) is 5.82 Å². The number of hydrogen-bond acceptors (Lipinski definition) is 4. The van der Waals surface area contributed by atoms with E-state index in [1.807, 2.05) is 6.92 Å². The van der Waals surface area contributed by atoms with Crippen LogP contribution in [0.5, 0.6) is 0 Å². The molecule has 0 bridgehead atoms. The minimum absolute atomic E-state index is 0.0342. The molecule has 1 N–H and O–H groups in total. The van der Waals surface area contributed by atoms with Crippen molar-refractivity contribution in [1.29, 1.82) is 0 Å². The maximum absolute atomic E-state index is 13.3. The molecule has 2 aliphatic heterocycles. The van der Waals surface area contributed by atoms with Crippen LogP contribution in [-0.4, -0.2) is 29.7 Å². The third kappa shape index (κ3) is 2.77. The molecule has 3 nitrogen and oxygen atoms in total. The molecular weight excluding hydrogens is 263 g/mol. The minimum atomic E-state index is -0.225. The molecule has 1 spiro atoms. The molecule has 2 aliphatic rings. The molecule has 19 heavy (non-hydrogen) atoms. The van der Waals surface area contributed by atoms with Gasteiger partial charge in [-0.3, -0.25) is 4.99 Å². The molecule has 1 saturated heterocycles. The van der Waals surface area contributed by atoms with Crippen molar-refractivity contribution < 1.29 is 9.13 Å². The number of aryl methyl sites for hydroxylation is 1. The lowest BCUT2D eigenvalue weighted by atomic mass is 9.93. The van der Waals surface area contributed by atoms with Crippen molar-refractivity contribution in [2.75, 3.05) is 24.3 Å². The Morgan fingerprint density at radius 1 is 1.37 bits per heavy atom. The number of aliphatic imine (C=N–C) groups is 1. The number of halogens is 1. The molecule has 3 rings (SSSR count). The van der Waals surface area contributed by atoms with Crippen LogP contribution in [0.25, 0.3) is 0 Å². The van der Waals surface area contributed by atoms with Gasteiger partial charge in [0, 0.05) is 24.7 Å². The van der Waals surface area contributed by atoms with Gasteiger partial charge in [0.2, 0.25) is 0 Å². The first-order chi connectivity index (χ1) is 9.17. The third-order valence-corrected chi connectivity index (χ3v) is 4.83. The lowest BCUT2D eigenvalue weighted by Gasteiger charge is -2.29. The van der Waals surface area contributed by atoms with Crippen LogP contribution < -0.4 is 5.32 Å². The first kappa shape index (κ1) is 12.9. The quantitative estimate of drug-likeness (QED) is 0.857. The van der Waals surface area contributed by atoms with E-state index >= 15 is 0 Å². The molecule has 0 saturated carbocycles. The second-order valence-corrected chi connectivity index (χ2v) is 6.09. The molecule has 0 unspecified atom stereocenters. The van der Waals surface area contributed by atoms with Gasteiger partial charge in [0.15, 0.2) is 5.17 Å². The van der Waals surface area contributed by atoms with E-state index in [2.05, 4.69) is 5.32 Å². The topological polar surface area (TPSA) is 33.6 Å². The predicted octanol–water partition coefficient (Wildman–Crippen LogP) is 3.20. The molecule has 1 fully saturated rings. The number of amidine groups is 1. The van der Waals surface area contributed by atoms with Crippen molar-refractivity contribution in [1.82, 2.24) is 0 Å². The summed E-state index contributed by atoms with van der Waals surface area (Å²) in [5, 5.41) is 4.15. The second-order valence-electron chi connectivity index (χ2n) is 5.13. The van der Waals surface area contributed by atoms with Crippen LogP contribution in [-0.2, 0) is 4.74 Å². The summed E-state index contributed by atoms with van der Waals surface area (Å²) in [5.74, 6) is 0.769. The van der Waals surface area contributed by atoms with Gasteiger partial charge in [0.25, 0.3) is 0 Å². The molecule has 5 heteroatoms. The average Bonchev–Trinajstić information content (AvgIpc) is 2.78. The Morgan fingerprint density at radius 2 is 2.16 bits per heavy atom. The highest BCUT2D eigenvalue weighted by atomic mass is 32.2. The number of benzene rings is 1. The van der Waals surface area contributed by atoms with Crippen LogP contribution in [0.1, 0.15) is 18.4 Å². The van der Waals surface area contributed by atoms with E-state index in [0.717, 1.165) is 48.2 Å². The monoisotopic (exact) mass is 280 g/mol. The lowest BCUT2D eigenvalue weighted by molar-refractivity contribution is 0.0624. The summed E-state index contributed by atoms with van der Waals surface area (Å²) in [7, 11) is 0. The molecular formula is C14H17FN2OS. The Hall–Kier alpha value is -1.07. The molecule has 2 heterocycles. The number of nitrogens with one attached hydrogen (secondary N) is 1. The van der Waals surface area contributed by atoms with E-state index in [0.29, 0.717) is 0 Å². The summed E-state index contributed by atoms with van der Waals surface area (Å²) in [6, 6.07) is 4.78. The zero-order chi connectivity index (χ0) is 13.3. The van der Waals surface area contributed by atoms with Crippen LogP contribution in [0, 0.1) is 12.7 Å². The Labute approximate surface area is 116 Å². The molecule has 0 aliphatic carbocycles. The van der Waals surface area contributed by atoms with Crippen LogP contribution in [0.15, 0.2) is 23.2 Å². The number of thioether (sulfide) groups is 1. The summed E-state index contributed by atoms with van der Waals surface area (Å²) >= 11 is 1.72. The summed E-state index contributed by atoms with van der Waals surface area (Å²) in [5.41, 5.74) is 1.86. The second kappa shape index (κ2) is 5.13. The Balaban J connectivity index is 1.77. The SMILES string of the molecule is Cc1ccc(F)cc1NC1=NC2(CCOCC2)CS1. The highest BCUT2D eigenvalue weighted by Crippen LogP contribution is 2.36. The van der Waals surface area contributed by atoms with Gasteiger partial charge < -0.3 is 10.1 Å². The molecule has 1 aromatic carbocycles. The van der Waals surface area contributed by atoms with E-state index in [4.69, 9.17) is 9.73 Å². The van der Waals surface area contributed by atoms with Crippen molar-refractivity contribution in [3.63, 3.8) is 0 Å². The predicted molar refractivity (Wildman–Crippen MR) is 77.4 cm³/mol. The van der Waals surface area contributed by atoms with Gasteiger partial charge in [-0.25, -0.2) is 4.39 Å². The van der Waals surface area contributed by atoms with Crippen molar-refractivity contribution in [2.45, 2.75) is 25.3 Å². The fourth-order valence-corrected chi connectivity index (χ4v) is 3.60. The van der Waals surface area contributed by atoms with Crippen molar-refractivity contribution in [2.24, 2.45) is 4.99 Å². The van der Waals surface area contributed by atoms with E-state index in [9.17, 15) is 4.39 Å². The largest absolute Gasteiger partial charge is 0.381 e. The zero-order valence-electron chi connectivity index (χ0n) is 10.9. The zero-order valence-corrected chi connectivity index (χ0v) is 11.7. The number of nitrogens with zero attached hydrogens (tertiary/aromatic N) is 1. The van der Waals surface area contributed by atoms with E-state index < -0.39 is 0 Å². The van der Waals surface area contributed by atoms with Crippen LogP contribution in [0.4, 0.5) is 10.1 Å². The van der Waals surface area contributed by atoms with Crippen molar-refractivity contribution in [3.05, 3.63) is 29.6 Å². The Kier molecular flexibility index (Phi) is 3.50. The van der Waals surface area contributed by atoms with Crippen molar-refractivity contribution >= 4 is 22.6 Å². The van der Waals surface area contributed by atoms with Crippen molar-refractivity contribution in [3.8, 4) is 0 Å². The maximum atomic E-state index is 13.3. The Bertz CT molecular complexity index is 512. The van der Waals surface area contributed by atoms with Crippen LogP contribution >= 0.6 is 11.8 Å². The number of hydrogen-bond donors (Lipinski definition) is 1. The van der Waals surface area contributed by atoms with Gasteiger partial charge in [-0.2, -0.15) is 0 Å². The fraction of sp³-hybridized carbons (Fsp3) is 0.500. The fourth-order valence-electron chi connectivity index (χ4n) is 2.40. The summed E-state index contributed by atoms with van der Waals surface area (Å²) in [4.78, 5) is 4.81. The summed E-state index contributed by atoms with van der Waals surface area (Å²) in [6.07, 6.45) is 1.96. The summed E-state index contributed by atoms with van der Waals surface area (Å²) in [6.45, 7) is 3.54. The van der Waals surface area contributed by atoms with Crippen LogP contribution in [0.2, 0.25) is 0 Å². The van der Waals surface area contributed by atoms with Gasteiger partial charge in [0.05, 0.1) is 5.54 Å². The Morgan fingerprint density at radius 3 is 2.95 bits per heavy atom. The van der Waals surface area contributed by atoms with Gasteiger partial charge >= 0.3 is 0 Å². The van der Waals surface area contributed by atoms with E-state index in [1.54, 1.807) is 17.8 Å². The van der Waals surface area contributed by atoms with Gasteiger partial charge in [-0.15, -0.1) is 0 Å². The third-order valence-electron chi connectivity index (χ3n) is 3.68. The van der Waals surface area contributed by atoms with E-state index in [1.165, 1.54) is 12.1 Å². The molecule has 0 aromatic heterocycles. The lowest BCUT2D eigenvalue weighted by Crippen LogP contribution is -2.34.